The number of nitrogens with one attached hydrogen (secondary N) is 2. The first-order chi connectivity index (χ1) is 16.1. The smallest absolute Gasteiger partial charge is 0.255 e. The Morgan fingerprint density at radius 2 is 1.58 bits per heavy atom. The van der Waals surface area contributed by atoms with Gasteiger partial charge in [0.2, 0.25) is 0 Å². The van der Waals surface area contributed by atoms with Gasteiger partial charge in [0.1, 0.15) is 0 Å². The van der Waals surface area contributed by atoms with Crippen molar-refractivity contribution < 1.29 is 9.59 Å². The predicted octanol–water partition coefficient (Wildman–Crippen LogP) is 5.66. The van der Waals surface area contributed by atoms with Gasteiger partial charge in [0.05, 0.1) is 5.56 Å². The van der Waals surface area contributed by atoms with Gasteiger partial charge in [-0.25, -0.2) is 0 Å². The molecular weight excluding hydrogens is 478 g/mol. The van der Waals surface area contributed by atoms with E-state index < -0.39 is 0 Å². The van der Waals surface area contributed by atoms with Crippen molar-refractivity contribution in [3.8, 4) is 0 Å². The highest BCUT2D eigenvalue weighted by Gasteiger charge is 2.20. The van der Waals surface area contributed by atoms with Crippen molar-refractivity contribution in [1.82, 2.24) is 5.32 Å². The van der Waals surface area contributed by atoms with Crippen molar-refractivity contribution in [2.75, 3.05) is 29.9 Å². The molecule has 0 bridgehead atoms. The lowest BCUT2D eigenvalue weighted by Crippen LogP contribution is -2.33. The summed E-state index contributed by atoms with van der Waals surface area (Å²) in [6.45, 7) is 2.43. The van der Waals surface area contributed by atoms with Crippen LogP contribution in [0.1, 0.15) is 45.5 Å². The maximum Gasteiger partial charge on any atom is 0.255 e. The molecule has 1 heterocycles. The van der Waals surface area contributed by atoms with Crippen molar-refractivity contribution >= 4 is 39.1 Å². The topological polar surface area (TPSA) is 61.4 Å². The van der Waals surface area contributed by atoms with E-state index in [0.29, 0.717) is 23.4 Å². The van der Waals surface area contributed by atoms with E-state index >= 15 is 0 Å². The molecule has 3 aromatic carbocycles. The van der Waals surface area contributed by atoms with Crippen LogP contribution in [0.3, 0.4) is 0 Å². The number of halogens is 1. The van der Waals surface area contributed by atoms with Gasteiger partial charge in [0.15, 0.2) is 0 Å². The second-order valence-corrected chi connectivity index (χ2v) is 9.15. The van der Waals surface area contributed by atoms with Crippen LogP contribution >= 0.6 is 15.9 Å². The van der Waals surface area contributed by atoms with Crippen molar-refractivity contribution in [2.45, 2.75) is 25.7 Å². The van der Waals surface area contributed by atoms with Gasteiger partial charge in [0, 0.05) is 41.0 Å². The molecular formula is C27H28BrN3O2. The maximum atomic E-state index is 13.2. The van der Waals surface area contributed by atoms with Crippen LogP contribution in [0.15, 0.2) is 77.3 Å². The van der Waals surface area contributed by atoms with E-state index in [9.17, 15) is 9.59 Å². The molecule has 0 saturated carbocycles. The third-order valence-electron chi connectivity index (χ3n) is 5.84. The molecule has 0 spiro atoms. The summed E-state index contributed by atoms with van der Waals surface area (Å²) in [5.41, 5.74) is 3.88. The Morgan fingerprint density at radius 1 is 0.848 bits per heavy atom. The molecule has 1 fully saturated rings. The SMILES string of the molecule is O=C(Nc1ccc(N2CCCCC2)c(C(=O)NCCc2ccccc2)c1)c1ccc(Br)cc1. The molecule has 2 N–H and O–H groups in total. The summed E-state index contributed by atoms with van der Waals surface area (Å²) in [5, 5.41) is 5.99. The van der Waals surface area contributed by atoms with Crippen LogP contribution in [0, 0.1) is 0 Å². The van der Waals surface area contributed by atoms with E-state index in [1.54, 1.807) is 18.2 Å². The molecule has 6 heteroatoms. The first kappa shape index (κ1) is 23.1. The molecule has 2 amide bonds. The number of nitrogens with zero attached hydrogens (tertiary/aromatic N) is 1. The summed E-state index contributed by atoms with van der Waals surface area (Å²) >= 11 is 3.39. The Morgan fingerprint density at radius 3 is 2.30 bits per heavy atom. The van der Waals surface area contributed by atoms with E-state index in [1.807, 2.05) is 42.5 Å². The summed E-state index contributed by atoms with van der Waals surface area (Å²) in [4.78, 5) is 28.1. The number of carbonyl (C=O) groups excluding carboxylic acids is 2. The molecule has 1 aliphatic rings. The highest BCUT2D eigenvalue weighted by molar-refractivity contribution is 9.10. The fourth-order valence-electron chi connectivity index (χ4n) is 4.07. The Kier molecular flexibility index (Phi) is 7.79. The molecule has 0 unspecified atom stereocenters. The summed E-state index contributed by atoms with van der Waals surface area (Å²) in [5.74, 6) is -0.324. The molecule has 0 aliphatic carbocycles. The molecule has 33 heavy (non-hydrogen) atoms. The molecule has 0 radical (unpaired) electrons. The van der Waals surface area contributed by atoms with E-state index in [0.717, 1.165) is 42.5 Å². The van der Waals surface area contributed by atoms with Crippen LogP contribution < -0.4 is 15.5 Å². The molecule has 0 aromatic heterocycles. The van der Waals surface area contributed by atoms with Crippen molar-refractivity contribution in [1.29, 1.82) is 0 Å². The molecule has 5 nitrogen and oxygen atoms in total. The predicted molar refractivity (Wildman–Crippen MR) is 137 cm³/mol. The fourth-order valence-corrected chi connectivity index (χ4v) is 4.34. The van der Waals surface area contributed by atoms with E-state index in [-0.39, 0.29) is 11.8 Å². The second kappa shape index (κ2) is 11.1. The van der Waals surface area contributed by atoms with E-state index in [4.69, 9.17) is 0 Å². The molecule has 3 aromatic rings. The van der Waals surface area contributed by atoms with Gasteiger partial charge < -0.3 is 15.5 Å². The molecule has 0 atom stereocenters. The maximum absolute atomic E-state index is 13.2. The van der Waals surface area contributed by atoms with Crippen molar-refractivity contribution in [3.63, 3.8) is 0 Å². The monoisotopic (exact) mass is 505 g/mol. The van der Waals surface area contributed by atoms with Crippen LogP contribution in [0.4, 0.5) is 11.4 Å². The average molecular weight is 506 g/mol. The van der Waals surface area contributed by atoms with E-state index in [1.165, 1.54) is 12.0 Å². The number of amides is 2. The number of anilines is 2. The molecule has 1 saturated heterocycles. The highest BCUT2D eigenvalue weighted by Crippen LogP contribution is 2.27. The number of hydrogen-bond donors (Lipinski definition) is 2. The van der Waals surface area contributed by atoms with Crippen molar-refractivity contribution in [2.24, 2.45) is 0 Å². The van der Waals surface area contributed by atoms with Gasteiger partial charge in [0.25, 0.3) is 11.8 Å². The third-order valence-corrected chi connectivity index (χ3v) is 6.37. The second-order valence-electron chi connectivity index (χ2n) is 8.23. The Balaban J connectivity index is 1.51. The summed E-state index contributed by atoms with van der Waals surface area (Å²) in [6, 6.07) is 22.9. The number of rotatable bonds is 7. The molecule has 4 rings (SSSR count). The van der Waals surface area contributed by atoms with Crippen LogP contribution in [0.5, 0.6) is 0 Å². The van der Waals surface area contributed by atoms with Crippen LogP contribution in [0.25, 0.3) is 0 Å². The normalized spacial score (nSPS) is 13.4. The van der Waals surface area contributed by atoms with Crippen molar-refractivity contribution in [3.05, 3.63) is 94.0 Å². The number of piperidine rings is 1. The zero-order chi connectivity index (χ0) is 23.0. The summed E-state index contributed by atoms with van der Waals surface area (Å²) in [6.07, 6.45) is 4.23. The van der Waals surface area contributed by atoms with Gasteiger partial charge in [-0.2, -0.15) is 0 Å². The number of hydrogen-bond acceptors (Lipinski definition) is 3. The average Bonchev–Trinajstić information content (AvgIpc) is 2.85. The number of carbonyl (C=O) groups is 2. The largest absolute Gasteiger partial charge is 0.371 e. The lowest BCUT2D eigenvalue weighted by molar-refractivity contribution is 0.0953. The van der Waals surface area contributed by atoms with Gasteiger partial charge in [-0.3, -0.25) is 9.59 Å². The first-order valence-corrected chi connectivity index (χ1v) is 12.2. The molecule has 1 aliphatic heterocycles. The Labute approximate surface area is 203 Å². The van der Waals surface area contributed by atoms with Gasteiger partial charge in [-0.1, -0.05) is 46.3 Å². The summed E-state index contributed by atoms with van der Waals surface area (Å²) in [7, 11) is 0. The minimum atomic E-state index is -0.205. The van der Waals surface area contributed by atoms with Gasteiger partial charge in [-0.15, -0.1) is 0 Å². The zero-order valence-electron chi connectivity index (χ0n) is 18.5. The molecule has 170 valence electrons. The number of benzene rings is 3. The van der Waals surface area contributed by atoms with Crippen LogP contribution in [-0.4, -0.2) is 31.4 Å². The van der Waals surface area contributed by atoms with Gasteiger partial charge in [-0.05, 0) is 73.7 Å². The minimum absolute atomic E-state index is 0.119. The fraction of sp³-hybridized carbons (Fsp3) is 0.259. The van der Waals surface area contributed by atoms with Gasteiger partial charge >= 0.3 is 0 Å². The lowest BCUT2D eigenvalue weighted by atomic mass is 10.1. The first-order valence-electron chi connectivity index (χ1n) is 11.4. The third kappa shape index (κ3) is 6.23. The Bertz CT molecular complexity index is 1090. The zero-order valence-corrected chi connectivity index (χ0v) is 20.1. The summed E-state index contributed by atoms with van der Waals surface area (Å²) < 4.78 is 0.916. The van der Waals surface area contributed by atoms with Crippen LogP contribution in [0.2, 0.25) is 0 Å². The Hall–Kier alpha value is -3.12. The quantitative estimate of drug-likeness (QED) is 0.435. The minimum Gasteiger partial charge on any atom is -0.371 e. The standard InChI is InChI=1S/C27H28BrN3O2/c28-22-11-9-21(10-12-22)26(32)30-23-13-14-25(31-17-5-2-6-18-31)24(19-23)27(33)29-16-15-20-7-3-1-4-8-20/h1,3-4,7-14,19H,2,5-6,15-18H2,(H,29,33)(H,30,32). The highest BCUT2D eigenvalue weighted by atomic mass is 79.9. The lowest BCUT2D eigenvalue weighted by Gasteiger charge is -2.30. The van der Waals surface area contributed by atoms with E-state index in [2.05, 4.69) is 43.6 Å². The van der Waals surface area contributed by atoms with Crippen LogP contribution in [-0.2, 0) is 6.42 Å².